The van der Waals surface area contributed by atoms with Gasteiger partial charge in [0, 0.05) is 18.0 Å². The molecule has 1 rings (SSSR count). The number of likely N-dealkylation sites (N-methyl/N-ethyl adjacent to an activating group) is 1. The van der Waals surface area contributed by atoms with E-state index in [9.17, 15) is 0 Å². The molecule has 0 aromatic heterocycles. The molecule has 0 saturated heterocycles. The van der Waals surface area contributed by atoms with Crippen molar-refractivity contribution < 1.29 is 4.74 Å². The highest BCUT2D eigenvalue weighted by molar-refractivity contribution is 6.18. The lowest BCUT2D eigenvalue weighted by atomic mass is 10.1. The number of benzene rings is 1. The van der Waals surface area contributed by atoms with Gasteiger partial charge in [-0.05, 0) is 45.0 Å². The maximum Gasteiger partial charge on any atom is 0.118 e. The molecule has 0 radical (unpaired) electrons. The van der Waals surface area contributed by atoms with Crippen molar-refractivity contribution in [2.24, 2.45) is 0 Å². The van der Waals surface area contributed by atoms with Crippen molar-refractivity contribution >= 4 is 11.6 Å². The summed E-state index contributed by atoms with van der Waals surface area (Å²) >= 11 is 5.95. The van der Waals surface area contributed by atoms with E-state index in [1.807, 2.05) is 12.1 Å². The molecular weight excluding hydrogens is 234 g/mol. The molecule has 1 aromatic carbocycles. The molecule has 0 unspecified atom stereocenters. The number of alkyl halides is 1. The molecule has 0 N–H and O–H groups in total. The topological polar surface area (TPSA) is 12.5 Å². The van der Waals surface area contributed by atoms with E-state index in [1.54, 1.807) is 7.11 Å². The molecular formula is C14H22ClNO. The summed E-state index contributed by atoms with van der Waals surface area (Å²) in [6.45, 7) is 5.33. The highest BCUT2D eigenvalue weighted by Gasteiger charge is 2.21. The van der Waals surface area contributed by atoms with Gasteiger partial charge in [-0.1, -0.05) is 12.1 Å². The number of hydrogen-bond donors (Lipinski definition) is 0. The molecule has 3 heteroatoms. The van der Waals surface area contributed by atoms with Crippen LogP contribution in [-0.4, -0.2) is 37.0 Å². The number of rotatable bonds is 6. The van der Waals surface area contributed by atoms with Crippen LogP contribution < -0.4 is 4.74 Å². The quantitative estimate of drug-likeness (QED) is 0.724. The lowest BCUT2D eigenvalue weighted by Crippen LogP contribution is -2.43. The van der Waals surface area contributed by atoms with Gasteiger partial charge < -0.3 is 4.74 Å². The van der Waals surface area contributed by atoms with Gasteiger partial charge >= 0.3 is 0 Å². The molecule has 0 aliphatic rings. The second-order valence-electron chi connectivity index (χ2n) is 4.97. The minimum absolute atomic E-state index is 0.0496. The van der Waals surface area contributed by atoms with Gasteiger partial charge in [-0.15, -0.1) is 11.6 Å². The fourth-order valence-corrected chi connectivity index (χ4v) is 1.70. The van der Waals surface area contributed by atoms with Crippen LogP contribution in [-0.2, 0) is 6.42 Å². The summed E-state index contributed by atoms with van der Waals surface area (Å²) in [5, 5.41) is 0. The summed E-state index contributed by atoms with van der Waals surface area (Å²) in [5.41, 5.74) is 1.37. The second-order valence-corrected chi connectivity index (χ2v) is 5.23. The first kappa shape index (κ1) is 14.3. The Balaban J connectivity index is 2.50. The fourth-order valence-electron chi connectivity index (χ4n) is 1.49. The predicted molar refractivity (Wildman–Crippen MR) is 74.1 cm³/mol. The van der Waals surface area contributed by atoms with Gasteiger partial charge in [0.1, 0.15) is 5.75 Å². The van der Waals surface area contributed by atoms with Crippen LogP contribution in [0.1, 0.15) is 19.4 Å². The third-order valence-corrected chi connectivity index (χ3v) is 3.91. The first-order valence-corrected chi connectivity index (χ1v) is 6.43. The Labute approximate surface area is 110 Å². The highest BCUT2D eigenvalue weighted by atomic mass is 35.5. The predicted octanol–water partition coefficient (Wildman–Crippen LogP) is 3.19. The number of ether oxygens (including phenoxy) is 1. The summed E-state index contributed by atoms with van der Waals surface area (Å²) in [7, 11) is 3.80. The molecule has 0 aliphatic heterocycles. The molecule has 0 amide bonds. The van der Waals surface area contributed by atoms with Crippen molar-refractivity contribution in [3.8, 4) is 5.75 Å². The van der Waals surface area contributed by atoms with Crippen LogP contribution in [0.5, 0.6) is 5.75 Å². The van der Waals surface area contributed by atoms with Gasteiger partial charge in [0.2, 0.25) is 0 Å². The third kappa shape index (κ3) is 4.21. The molecule has 0 aliphatic carbocycles. The second kappa shape index (κ2) is 6.27. The maximum absolute atomic E-state index is 5.95. The molecule has 0 fully saturated rings. The smallest absolute Gasteiger partial charge is 0.118 e. The summed E-state index contributed by atoms with van der Waals surface area (Å²) in [6, 6.07) is 8.23. The highest BCUT2D eigenvalue weighted by Crippen LogP contribution is 2.16. The van der Waals surface area contributed by atoms with Gasteiger partial charge in [-0.3, -0.25) is 4.90 Å². The largest absolute Gasteiger partial charge is 0.497 e. The summed E-state index contributed by atoms with van der Waals surface area (Å²) in [4.78, 5) is 2.30. The van der Waals surface area contributed by atoms with E-state index < -0.39 is 0 Å². The maximum atomic E-state index is 5.95. The Bertz CT molecular complexity index is 335. The van der Waals surface area contributed by atoms with Crippen molar-refractivity contribution in [2.45, 2.75) is 25.8 Å². The summed E-state index contributed by atoms with van der Waals surface area (Å²) in [6.07, 6.45) is 1.03. The Hall–Kier alpha value is -0.730. The van der Waals surface area contributed by atoms with Gasteiger partial charge in [0.05, 0.1) is 7.11 Å². The lowest BCUT2D eigenvalue weighted by molar-refractivity contribution is 0.181. The van der Waals surface area contributed by atoms with Gasteiger partial charge in [-0.25, -0.2) is 0 Å². The van der Waals surface area contributed by atoms with Crippen LogP contribution in [0.15, 0.2) is 24.3 Å². The monoisotopic (exact) mass is 255 g/mol. The van der Waals surface area contributed by atoms with Crippen LogP contribution in [0.4, 0.5) is 0 Å². The molecule has 1 aromatic rings. The zero-order chi connectivity index (χ0) is 12.9. The Morgan fingerprint density at radius 1 is 1.24 bits per heavy atom. The Morgan fingerprint density at radius 3 is 2.29 bits per heavy atom. The SMILES string of the molecule is COc1ccc(CCN(C)C(C)(C)CCl)cc1. The number of halogens is 1. The molecule has 0 spiro atoms. The zero-order valence-electron chi connectivity index (χ0n) is 11.2. The standard InChI is InChI=1S/C14H22ClNO/c1-14(2,11-15)16(3)10-9-12-5-7-13(17-4)8-6-12/h5-8H,9-11H2,1-4H3. The molecule has 17 heavy (non-hydrogen) atoms. The van der Waals surface area contributed by atoms with Crippen LogP contribution >= 0.6 is 11.6 Å². The molecule has 0 bridgehead atoms. The molecule has 0 heterocycles. The van der Waals surface area contributed by atoms with Gasteiger partial charge in [-0.2, -0.15) is 0 Å². The summed E-state index contributed by atoms with van der Waals surface area (Å²) in [5.74, 6) is 1.55. The van der Waals surface area contributed by atoms with E-state index in [1.165, 1.54) is 5.56 Å². The van der Waals surface area contributed by atoms with E-state index in [4.69, 9.17) is 16.3 Å². The van der Waals surface area contributed by atoms with E-state index in [0.717, 1.165) is 18.7 Å². The zero-order valence-corrected chi connectivity index (χ0v) is 11.9. The number of nitrogens with zero attached hydrogens (tertiary/aromatic N) is 1. The number of hydrogen-bond acceptors (Lipinski definition) is 2. The first-order valence-electron chi connectivity index (χ1n) is 5.90. The molecule has 2 nitrogen and oxygen atoms in total. The fraction of sp³-hybridized carbons (Fsp3) is 0.571. The first-order chi connectivity index (χ1) is 7.99. The molecule has 96 valence electrons. The van der Waals surface area contributed by atoms with Crippen LogP contribution in [0.2, 0.25) is 0 Å². The van der Waals surface area contributed by atoms with E-state index in [2.05, 4.69) is 37.9 Å². The lowest BCUT2D eigenvalue weighted by Gasteiger charge is -2.33. The van der Waals surface area contributed by atoms with Crippen LogP contribution in [0.3, 0.4) is 0 Å². The van der Waals surface area contributed by atoms with Crippen molar-refractivity contribution in [1.82, 2.24) is 4.90 Å². The van der Waals surface area contributed by atoms with Crippen LogP contribution in [0, 0.1) is 0 Å². The van der Waals surface area contributed by atoms with Crippen molar-refractivity contribution in [1.29, 1.82) is 0 Å². The minimum Gasteiger partial charge on any atom is -0.497 e. The third-order valence-electron chi connectivity index (χ3n) is 3.26. The summed E-state index contributed by atoms with van der Waals surface area (Å²) < 4.78 is 5.14. The molecule has 0 atom stereocenters. The van der Waals surface area contributed by atoms with Crippen molar-refractivity contribution in [3.05, 3.63) is 29.8 Å². The van der Waals surface area contributed by atoms with Crippen molar-refractivity contribution in [3.63, 3.8) is 0 Å². The van der Waals surface area contributed by atoms with Gasteiger partial charge in [0.25, 0.3) is 0 Å². The average molecular weight is 256 g/mol. The Morgan fingerprint density at radius 2 is 1.82 bits per heavy atom. The van der Waals surface area contributed by atoms with Crippen molar-refractivity contribution in [2.75, 3.05) is 26.6 Å². The van der Waals surface area contributed by atoms with E-state index in [-0.39, 0.29) is 5.54 Å². The minimum atomic E-state index is 0.0496. The van der Waals surface area contributed by atoms with E-state index >= 15 is 0 Å². The number of methoxy groups -OCH3 is 1. The Kier molecular flexibility index (Phi) is 5.29. The van der Waals surface area contributed by atoms with Gasteiger partial charge in [0.15, 0.2) is 0 Å². The molecule has 0 saturated carbocycles. The average Bonchev–Trinajstić information content (AvgIpc) is 2.36. The van der Waals surface area contributed by atoms with Crippen LogP contribution in [0.25, 0.3) is 0 Å². The normalized spacial score (nSPS) is 11.9. The van der Waals surface area contributed by atoms with E-state index in [0.29, 0.717) is 5.88 Å².